The minimum Gasteiger partial charge on any atom is -0.493 e. The fourth-order valence-electron chi connectivity index (χ4n) is 3.89. The van der Waals surface area contributed by atoms with Gasteiger partial charge >= 0.3 is 5.97 Å². The number of ether oxygens (including phenoxy) is 2. The van der Waals surface area contributed by atoms with Crippen LogP contribution in [-0.4, -0.2) is 47.8 Å². The van der Waals surface area contributed by atoms with Gasteiger partial charge in [-0.3, -0.25) is 14.7 Å². The van der Waals surface area contributed by atoms with Gasteiger partial charge in [-0.1, -0.05) is 12.5 Å². The average molecular weight is 370 g/mol. The van der Waals surface area contributed by atoms with E-state index < -0.39 is 12.0 Å². The summed E-state index contributed by atoms with van der Waals surface area (Å²) in [6.45, 7) is 2.74. The van der Waals surface area contributed by atoms with Crippen LogP contribution in [0.4, 0.5) is 0 Å². The molecule has 2 aromatic rings. The largest absolute Gasteiger partial charge is 0.493 e. The van der Waals surface area contributed by atoms with Crippen LogP contribution in [0, 0.1) is 6.92 Å². The van der Waals surface area contributed by atoms with Crippen molar-refractivity contribution in [2.75, 3.05) is 20.8 Å². The third-order valence-electron chi connectivity index (χ3n) is 5.24. The summed E-state index contributed by atoms with van der Waals surface area (Å²) in [6, 6.07) is 7.08. The maximum absolute atomic E-state index is 11.9. The lowest BCUT2D eigenvalue weighted by Gasteiger charge is -2.40. The maximum Gasteiger partial charge on any atom is 0.320 e. The van der Waals surface area contributed by atoms with Gasteiger partial charge < -0.3 is 14.6 Å². The lowest BCUT2D eigenvalue weighted by molar-refractivity contribution is -0.145. The summed E-state index contributed by atoms with van der Waals surface area (Å²) < 4.78 is 10.8. The number of carboxylic acids is 1. The number of nitrogens with zero attached hydrogens (tertiary/aromatic N) is 2. The summed E-state index contributed by atoms with van der Waals surface area (Å²) in [6.07, 6.45) is 6.15. The molecule has 1 saturated heterocycles. The minimum absolute atomic E-state index is 0.186. The van der Waals surface area contributed by atoms with Crippen LogP contribution in [0.5, 0.6) is 11.5 Å². The van der Waals surface area contributed by atoms with Gasteiger partial charge in [-0.15, -0.1) is 0 Å². The van der Waals surface area contributed by atoms with Crippen molar-refractivity contribution in [3.63, 3.8) is 0 Å². The van der Waals surface area contributed by atoms with Crippen molar-refractivity contribution in [2.45, 2.75) is 38.3 Å². The second-order valence-corrected chi connectivity index (χ2v) is 6.84. The molecule has 1 aromatic carbocycles. The van der Waals surface area contributed by atoms with Gasteiger partial charge in [0.25, 0.3) is 0 Å². The van der Waals surface area contributed by atoms with E-state index in [4.69, 9.17) is 9.47 Å². The molecule has 1 aliphatic heterocycles. The number of hydrogen-bond donors (Lipinski definition) is 1. The van der Waals surface area contributed by atoms with E-state index in [-0.39, 0.29) is 6.04 Å². The van der Waals surface area contributed by atoms with Gasteiger partial charge in [-0.05, 0) is 61.2 Å². The quantitative estimate of drug-likeness (QED) is 0.840. The van der Waals surface area contributed by atoms with Crippen molar-refractivity contribution in [2.24, 2.45) is 0 Å². The zero-order valence-electron chi connectivity index (χ0n) is 16.0. The fraction of sp³-hybridized carbons (Fsp3) is 0.429. The Morgan fingerprint density at radius 1 is 1.22 bits per heavy atom. The van der Waals surface area contributed by atoms with E-state index >= 15 is 0 Å². The first-order valence-electron chi connectivity index (χ1n) is 9.17. The van der Waals surface area contributed by atoms with E-state index in [1.54, 1.807) is 20.4 Å². The highest BCUT2D eigenvalue weighted by Gasteiger charge is 2.36. The summed E-state index contributed by atoms with van der Waals surface area (Å²) in [5.74, 6) is 0.516. The number of benzene rings is 1. The van der Waals surface area contributed by atoms with Crippen molar-refractivity contribution in [3.8, 4) is 11.5 Å². The number of piperidine rings is 1. The Morgan fingerprint density at radius 2 is 2.00 bits per heavy atom. The average Bonchev–Trinajstić information content (AvgIpc) is 2.69. The topological polar surface area (TPSA) is 71.9 Å². The Kier molecular flexibility index (Phi) is 5.96. The summed E-state index contributed by atoms with van der Waals surface area (Å²) >= 11 is 0. The molecule has 1 fully saturated rings. The molecule has 6 heteroatoms. The number of carbonyl (C=O) groups is 1. The molecule has 0 aliphatic carbocycles. The second-order valence-electron chi connectivity index (χ2n) is 6.84. The molecule has 0 amide bonds. The van der Waals surface area contributed by atoms with Crippen molar-refractivity contribution < 1.29 is 19.4 Å². The summed E-state index contributed by atoms with van der Waals surface area (Å²) in [7, 11) is 3.21. The third-order valence-corrected chi connectivity index (χ3v) is 5.24. The van der Waals surface area contributed by atoms with Crippen LogP contribution >= 0.6 is 0 Å². The molecular weight excluding hydrogens is 344 g/mol. The van der Waals surface area contributed by atoms with Gasteiger partial charge in [0.15, 0.2) is 11.5 Å². The molecule has 2 heterocycles. The molecule has 144 valence electrons. The van der Waals surface area contributed by atoms with Crippen LogP contribution in [0.2, 0.25) is 0 Å². The Hall–Kier alpha value is -2.60. The Labute approximate surface area is 159 Å². The number of pyridine rings is 1. The van der Waals surface area contributed by atoms with Crippen LogP contribution in [0.3, 0.4) is 0 Å². The monoisotopic (exact) mass is 370 g/mol. The maximum atomic E-state index is 11.9. The number of aryl methyl sites for hydroxylation is 1. The van der Waals surface area contributed by atoms with Crippen LogP contribution in [0.1, 0.15) is 42.0 Å². The Balaban J connectivity index is 2.13. The highest BCUT2D eigenvalue weighted by Crippen LogP contribution is 2.38. The molecule has 1 aliphatic rings. The van der Waals surface area contributed by atoms with E-state index in [0.29, 0.717) is 17.9 Å². The number of hydrogen-bond acceptors (Lipinski definition) is 5. The molecule has 0 saturated carbocycles. The molecular formula is C21H26N2O4. The standard InChI is InChI=1S/C21H26N2O4/c1-14-13-22-10-9-16(14)20(23-11-5-4-6-17(23)21(24)25)15-7-8-18(26-2)19(12-15)27-3/h7-10,12-13,17,20H,4-6,11H2,1-3H3,(H,24,25). The molecule has 0 spiro atoms. The van der Waals surface area contributed by atoms with E-state index in [0.717, 1.165) is 36.1 Å². The summed E-state index contributed by atoms with van der Waals surface area (Å²) in [5.41, 5.74) is 3.08. The predicted molar refractivity (Wildman–Crippen MR) is 102 cm³/mol. The zero-order valence-corrected chi connectivity index (χ0v) is 16.0. The van der Waals surface area contributed by atoms with Crippen LogP contribution < -0.4 is 9.47 Å². The highest BCUT2D eigenvalue weighted by molar-refractivity contribution is 5.73. The number of methoxy groups -OCH3 is 2. The van der Waals surface area contributed by atoms with E-state index in [9.17, 15) is 9.90 Å². The third kappa shape index (κ3) is 3.90. The molecule has 0 bridgehead atoms. The lowest BCUT2D eigenvalue weighted by Crippen LogP contribution is -2.47. The van der Waals surface area contributed by atoms with Gasteiger partial charge in [-0.25, -0.2) is 0 Å². The fourth-order valence-corrected chi connectivity index (χ4v) is 3.89. The second kappa shape index (κ2) is 8.39. The number of aromatic nitrogens is 1. The van der Waals surface area contributed by atoms with Crippen LogP contribution in [0.15, 0.2) is 36.7 Å². The highest BCUT2D eigenvalue weighted by atomic mass is 16.5. The normalized spacial score (nSPS) is 18.7. The first kappa shape index (κ1) is 19.2. The minimum atomic E-state index is -0.771. The van der Waals surface area contributed by atoms with E-state index in [2.05, 4.69) is 9.88 Å². The number of carboxylic acid groups (broad SMARTS) is 1. The summed E-state index contributed by atoms with van der Waals surface area (Å²) in [5, 5.41) is 9.80. The van der Waals surface area contributed by atoms with Gasteiger partial charge in [0, 0.05) is 12.4 Å². The van der Waals surface area contributed by atoms with Gasteiger partial charge in [0.2, 0.25) is 0 Å². The van der Waals surface area contributed by atoms with Crippen LogP contribution in [0.25, 0.3) is 0 Å². The van der Waals surface area contributed by atoms with Crippen molar-refractivity contribution >= 4 is 5.97 Å². The number of likely N-dealkylation sites (tertiary alicyclic amines) is 1. The molecule has 3 rings (SSSR count). The molecule has 0 radical (unpaired) electrons. The van der Waals surface area contributed by atoms with Gasteiger partial charge in [0.05, 0.1) is 20.3 Å². The molecule has 2 atom stereocenters. The molecule has 2 unspecified atom stereocenters. The lowest BCUT2D eigenvalue weighted by atomic mass is 9.90. The molecule has 27 heavy (non-hydrogen) atoms. The van der Waals surface area contributed by atoms with Crippen molar-refractivity contribution in [3.05, 3.63) is 53.3 Å². The van der Waals surface area contributed by atoms with Crippen molar-refractivity contribution in [1.29, 1.82) is 0 Å². The van der Waals surface area contributed by atoms with Crippen LogP contribution in [-0.2, 0) is 4.79 Å². The van der Waals surface area contributed by atoms with Gasteiger partial charge in [0.1, 0.15) is 6.04 Å². The Morgan fingerprint density at radius 3 is 2.67 bits per heavy atom. The first-order valence-corrected chi connectivity index (χ1v) is 9.17. The molecule has 1 aromatic heterocycles. The van der Waals surface area contributed by atoms with Gasteiger partial charge in [-0.2, -0.15) is 0 Å². The molecule has 1 N–H and O–H groups in total. The summed E-state index contributed by atoms with van der Waals surface area (Å²) in [4.78, 5) is 18.2. The van der Waals surface area contributed by atoms with E-state index in [1.807, 2.05) is 37.4 Å². The van der Waals surface area contributed by atoms with E-state index in [1.165, 1.54) is 0 Å². The predicted octanol–water partition coefficient (Wildman–Crippen LogP) is 3.44. The number of rotatable bonds is 6. The number of aliphatic carboxylic acids is 1. The zero-order chi connectivity index (χ0) is 19.4. The smallest absolute Gasteiger partial charge is 0.320 e. The van der Waals surface area contributed by atoms with Crippen molar-refractivity contribution in [1.82, 2.24) is 9.88 Å². The Bertz CT molecular complexity index is 809. The SMILES string of the molecule is COc1ccc(C(c2ccncc2C)N2CCCCC2C(=O)O)cc1OC. The molecule has 6 nitrogen and oxygen atoms in total. The first-order chi connectivity index (χ1) is 13.1.